The molecule has 0 aliphatic carbocycles. The number of nitrogens with one attached hydrogen (secondary N) is 1. The predicted octanol–water partition coefficient (Wildman–Crippen LogP) is 5.18. The number of phenols is 1. The molecular weight excluding hydrogens is 569 g/mol. The fraction of sp³-hybridized carbons (Fsp3) is 0.333. The molecule has 0 aliphatic rings. The Balaban J connectivity index is 2.23. The summed E-state index contributed by atoms with van der Waals surface area (Å²) in [6.45, 7) is 6.17. The molecule has 1 unspecified atom stereocenters. The molecule has 2 aromatic rings. The van der Waals surface area contributed by atoms with Crippen LogP contribution in [0.2, 0.25) is 0 Å². The van der Waals surface area contributed by atoms with E-state index in [2.05, 4.69) is 37.2 Å². The van der Waals surface area contributed by atoms with Gasteiger partial charge < -0.3 is 24.8 Å². The highest BCUT2D eigenvalue weighted by atomic mass is 79.9. The number of carbonyl (C=O) groups excluding carboxylic acids is 2. The van der Waals surface area contributed by atoms with Crippen molar-refractivity contribution in [3.63, 3.8) is 0 Å². The van der Waals surface area contributed by atoms with E-state index in [1.807, 2.05) is 0 Å². The Bertz CT molecular complexity index is 1050. The van der Waals surface area contributed by atoms with Gasteiger partial charge in [0.2, 0.25) is 7.37 Å². The van der Waals surface area contributed by atoms with Crippen LogP contribution in [-0.2, 0) is 20.3 Å². The van der Waals surface area contributed by atoms with Crippen molar-refractivity contribution >= 4 is 51.1 Å². The number of rotatable bonds is 8. The van der Waals surface area contributed by atoms with Crippen molar-refractivity contribution in [2.24, 2.45) is 0 Å². The molecule has 32 heavy (non-hydrogen) atoms. The molecule has 0 bridgehead atoms. The average molecular weight is 593 g/mol. The lowest BCUT2D eigenvalue weighted by molar-refractivity contribution is -0.149. The maximum atomic E-state index is 12.6. The molecule has 0 aliphatic heterocycles. The van der Waals surface area contributed by atoms with Gasteiger partial charge in [0.15, 0.2) is 5.75 Å². The highest BCUT2D eigenvalue weighted by Gasteiger charge is 2.22. The van der Waals surface area contributed by atoms with Crippen molar-refractivity contribution in [1.82, 2.24) is 5.32 Å². The largest absolute Gasteiger partial charge is 0.507 e. The molecule has 8 nitrogen and oxygen atoms in total. The second kappa shape index (κ2) is 10.8. The number of benzene rings is 2. The van der Waals surface area contributed by atoms with Crippen LogP contribution in [0.25, 0.3) is 0 Å². The zero-order valence-electron chi connectivity index (χ0n) is 17.9. The van der Waals surface area contributed by atoms with Gasteiger partial charge in [-0.3, -0.25) is 9.36 Å². The van der Waals surface area contributed by atoms with Gasteiger partial charge in [-0.1, -0.05) is 0 Å². The minimum atomic E-state index is -3.25. The molecule has 0 saturated carbocycles. The normalized spacial score (nSPS) is 13.9. The van der Waals surface area contributed by atoms with Crippen molar-refractivity contribution in [1.29, 1.82) is 0 Å². The van der Waals surface area contributed by atoms with Gasteiger partial charge in [0.1, 0.15) is 17.5 Å². The Hall–Kier alpha value is -1.87. The highest BCUT2D eigenvalue weighted by molar-refractivity contribution is 9.11. The first-order valence-corrected chi connectivity index (χ1v) is 13.4. The average Bonchev–Trinajstić information content (AvgIpc) is 2.63. The smallest absolute Gasteiger partial charge is 0.328 e. The quantitative estimate of drug-likeness (QED) is 0.285. The Morgan fingerprint density at radius 2 is 1.72 bits per heavy atom. The molecule has 174 valence electrons. The van der Waals surface area contributed by atoms with E-state index in [0.717, 1.165) is 0 Å². The van der Waals surface area contributed by atoms with Crippen LogP contribution in [0.15, 0.2) is 39.3 Å². The van der Waals surface area contributed by atoms with Gasteiger partial charge in [-0.25, -0.2) is 4.79 Å². The van der Waals surface area contributed by atoms with Gasteiger partial charge >= 0.3 is 5.97 Å². The Morgan fingerprint density at radius 1 is 1.12 bits per heavy atom. The fourth-order valence-corrected chi connectivity index (χ4v) is 4.99. The minimum absolute atomic E-state index is 0.00539. The number of hydrogen-bond acceptors (Lipinski definition) is 6. The van der Waals surface area contributed by atoms with E-state index in [0.29, 0.717) is 20.3 Å². The summed E-state index contributed by atoms with van der Waals surface area (Å²) in [6, 6.07) is 6.54. The third-order valence-corrected chi connectivity index (χ3v) is 6.15. The number of ether oxygens (including phenoxy) is 2. The van der Waals surface area contributed by atoms with E-state index >= 15 is 0 Å². The third-order valence-electron chi connectivity index (χ3n) is 4.02. The topological polar surface area (TPSA) is 122 Å². The van der Waals surface area contributed by atoms with Gasteiger partial charge in [0, 0.05) is 12.8 Å². The monoisotopic (exact) mass is 591 g/mol. The van der Waals surface area contributed by atoms with Gasteiger partial charge in [-0.05, 0) is 88.5 Å². The minimum Gasteiger partial charge on any atom is -0.507 e. The molecule has 0 radical (unpaired) electrons. The molecule has 0 fully saturated rings. The van der Waals surface area contributed by atoms with Crippen molar-refractivity contribution in [2.45, 2.75) is 39.1 Å². The lowest BCUT2D eigenvalue weighted by Crippen LogP contribution is -2.40. The Labute approximate surface area is 203 Å². The first-order valence-electron chi connectivity index (χ1n) is 9.56. The molecule has 2 aromatic carbocycles. The van der Waals surface area contributed by atoms with E-state index in [1.165, 1.54) is 31.8 Å². The van der Waals surface area contributed by atoms with E-state index in [1.54, 1.807) is 26.0 Å². The summed E-state index contributed by atoms with van der Waals surface area (Å²) in [7, 11) is -3.25. The second-order valence-corrected chi connectivity index (χ2v) is 11.7. The molecule has 11 heteroatoms. The van der Waals surface area contributed by atoms with E-state index in [9.17, 15) is 24.2 Å². The van der Waals surface area contributed by atoms with Crippen molar-refractivity contribution in [2.75, 3.05) is 6.66 Å². The predicted molar refractivity (Wildman–Crippen MR) is 128 cm³/mol. The molecule has 3 N–H and O–H groups in total. The molecule has 2 atom stereocenters. The summed E-state index contributed by atoms with van der Waals surface area (Å²) in [4.78, 5) is 34.1. The zero-order valence-corrected chi connectivity index (χ0v) is 22.0. The standard InChI is InChI=1S/C21H24Br2NO7P/c1-11(2)30-21(27)12(3)24-20(26)15-9-14(5-6-18(15)25)31-19-16(22)7-13(8-17(19)23)10-32(4,28)29/h5-9,11-12,25H,10H2,1-4H3,(H,24,26)(H,28,29)/t12-/m0/s1. The van der Waals surface area contributed by atoms with Crippen LogP contribution < -0.4 is 10.1 Å². The number of esters is 1. The van der Waals surface area contributed by atoms with Crippen LogP contribution in [0.1, 0.15) is 36.7 Å². The highest BCUT2D eigenvalue weighted by Crippen LogP contribution is 2.44. The second-order valence-electron chi connectivity index (χ2n) is 7.56. The molecule has 2 rings (SSSR count). The Morgan fingerprint density at radius 3 is 2.25 bits per heavy atom. The summed E-state index contributed by atoms with van der Waals surface area (Å²) in [6.07, 6.45) is -0.317. The van der Waals surface area contributed by atoms with Gasteiger partial charge in [0.25, 0.3) is 5.91 Å². The van der Waals surface area contributed by atoms with Crippen molar-refractivity contribution in [3.05, 3.63) is 50.4 Å². The Kier molecular flexibility index (Phi) is 8.93. The molecule has 0 aromatic heterocycles. The summed E-state index contributed by atoms with van der Waals surface area (Å²) >= 11 is 6.77. The van der Waals surface area contributed by atoms with Crippen molar-refractivity contribution < 1.29 is 33.6 Å². The number of phenolic OH excluding ortho intramolecular Hbond substituents is 1. The van der Waals surface area contributed by atoms with Crippen LogP contribution in [0.5, 0.6) is 17.2 Å². The van der Waals surface area contributed by atoms with E-state index in [-0.39, 0.29) is 29.3 Å². The van der Waals surface area contributed by atoms with E-state index in [4.69, 9.17) is 9.47 Å². The number of aromatic hydroxyl groups is 1. The fourth-order valence-electron chi connectivity index (χ4n) is 2.69. The number of carbonyl (C=O) groups is 2. The van der Waals surface area contributed by atoms with E-state index < -0.39 is 25.3 Å². The molecule has 1 amide bonds. The summed E-state index contributed by atoms with van der Waals surface area (Å²) in [5.41, 5.74) is 0.556. The summed E-state index contributed by atoms with van der Waals surface area (Å²) in [5.74, 6) is -0.912. The molecule has 0 heterocycles. The summed E-state index contributed by atoms with van der Waals surface area (Å²) < 4.78 is 23.7. The third kappa shape index (κ3) is 7.62. The SMILES string of the molecule is CC(C)OC(=O)[C@H](C)NC(=O)c1cc(Oc2c(Br)cc(CP(C)(=O)O)cc2Br)ccc1O. The maximum absolute atomic E-state index is 12.6. The van der Waals surface area contributed by atoms with Crippen molar-refractivity contribution in [3.8, 4) is 17.2 Å². The molecular formula is C21H24Br2NO7P. The molecule has 0 spiro atoms. The zero-order chi connectivity index (χ0) is 24.2. The number of halogens is 2. The van der Waals surface area contributed by atoms with Gasteiger partial charge in [0.05, 0.1) is 20.6 Å². The van der Waals surface area contributed by atoms with Crippen LogP contribution in [0, 0.1) is 0 Å². The number of amides is 1. The maximum Gasteiger partial charge on any atom is 0.328 e. The summed E-state index contributed by atoms with van der Waals surface area (Å²) in [5, 5.41) is 12.6. The van der Waals surface area contributed by atoms with Gasteiger partial charge in [-0.15, -0.1) is 0 Å². The lowest BCUT2D eigenvalue weighted by atomic mass is 10.1. The molecule has 0 saturated heterocycles. The van der Waals surface area contributed by atoms with Crippen LogP contribution in [0.3, 0.4) is 0 Å². The lowest BCUT2D eigenvalue weighted by Gasteiger charge is -2.16. The first-order chi connectivity index (χ1) is 14.8. The number of hydrogen-bond donors (Lipinski definition) is 3. The van der Waals surface area contributed by atoms with Crippen LogP contribution in [0.4, 0.5) is 0 Å². The van der Waals surface area contributed by atoms with Gasteiger partial charge in [-0.2, -0.15) is 0 Å². The van der Waals surface area contributed by atoms with Crippen LogP contribution in [-0.4, -0.2) is 40.7 Å². The first kappa shape index (κ1) is 26.4. The van der Waals surface area contributed by atoms with Crippen LogP contribution >= 0.6 is 39.2 Å².